The Bertz CT molecular complexity index is 900. The van der Waals surface area contributed by atoms with E-state index in [-0.39, 0.29) is 11.4 Å². The van der Waals surface area contributed by atoms with Crippen molar-refractivity contribution in [2.24, 2.45) is 0 Å². The highest BCUT2D eigenvalue weighted by Gasteiger charge is 2.12. The fourth-order valence-corrected chi connectivity index (χ4v) is 2.98. The maximum Gasteiger partial charge on any atom is 0.336 e. The van der Waals surface area contributed by atoms with Gasteiger partial charge in [-0.2, -0.15) is 0 Å². The number of nitrogens with one attached hydrogen (secondary N) is 1. The van der Waals surface area contributed by atoms with Crippen LogP contribution in [0.4, 0.5) is 4.39 Å². The first-order chi connectivity index (χ1) is 11.5. The summed E-state index contributed by atoms with van der Waals surface area (Å²) in [5.41, 5.74) is 3.51. The number of fused-ring (bicyclic) bond motifs is 1. The minimum Gasteiger partial charge on any atom is -0.423 e. The molecule has 0 saturated heterocycles. The van der Waals surface area contributed by atoms with Crippen LogP contribution in [0.3, 0.4) is 0 Å². The van der Waals surface area contributed by atoms with Crippen molar-refractivity contribution in [3.8, 4) is 0 Å². The summed E-state index contributed by atoms with van der Waals surface area (Å²) < 4.78 is 18.4. The predicted molar refractivity (Wildman–Crippen MR) is 92.6 cm³/mol. The van der Waals surface area contributed by atoms with E-state index >= 15 is 0 Å². The molecule has 1 aromatic heterocycles. The Morgan fingerprint density at radius 3 is 2.42 bits per heavy atom. The standard InChI is InChI=1S/C20H20FNO2/c1-3-14-6-9-18-16(11-20(23)24-19(18)10-14)13-22(2)12-15-4-7-17(21)8-5-15/h4-11H,3,12-13H2,1-2H3/p+1. The van der Waals surface area contributed by atoms with Crippen LogP contribution in [-0.2, 0) is 19.5 Å². The Morgan fingerprint density at radius 2 is 1.71 bits per heavy atom. The van der Waals surface area contributed by atoms with Gasteiger partial charge in [-0.15, -0.1) is 0 Å². The Kier molecular flexibility index (Phi) is 4.76. The van der Waals surface area contributed by atoms with Crippen LogP contribution < -0.4 is 10.5 Å². The third kappa shape index (κ3) is 3.71. The molecule has 1 heterocycles. The topological polar surface area (TPSA) is 34.7 Å². The van der Waals surface area contributed by atoms with Gasteiger partial charge in [0.05, 0.1) is 7.05 Å². The molecule has 3 rings (SSSR count). The van der Waals surface area contributed by atoms with Gasteiger partial charge in [-0.3, -0.25) is 0 Å². The molecule has 1 N–H and O–H groups in total. The molecule has 3 nitrogen and oxygen atoms in total. The zero-order chi connectivity index (χ0) is 17.1. The normalized spacial score (nSPS) is 12.5. The summed E-state index contributed by atoms with van der Waals surface area (Å²) in [6, 6.07) is 14.1. The number of hydrogen-bond donors (Lipinski definition) is 1. The van der Waals surface area contributed by atoms with E-state index in [2.05, 4.69) is 20.0 Å². The molecule has 0 spiro atoms. The van der Waals surface area contributed by atoms with Gasteiger partial charge in [0, 0.05) is 22.6 Å². The molecule has 0 aliphatic carbocycles. The number of halogens is 1. The summed E-state index contributed by atoms with van der Waals surface area (Å²) in [6.45, 7) is 3.53. The summed E-state index contributed by atoms with van der Waals surface area (Å²) in [6.07, 6.45) is 0.902. The molecule has 1 atom stereocenters. The van der Waals surface area contributed by atoms with Crippen LogP contribution in [0.25, 0.3) is 11.0 Å². The fraction of sp³-hybridized carbons (Fsp3) is 0.250. The van der Waals surface area contributed by atoms with Gasteiger partial charge in [-0.25, -0.2) is 9.18 Å². The van der Waals surface area contributed by atoms with Crippen molar-refractivity contribution in [2.75, 3.05) is 7.05 Å². The number of benzene rings is 2. The van der Waals surface area contributed by atoms with Gasteiger partial charge >= 0.3 is 5.63 Å². The number of rotatable bonds is 5. The highest BCUT2D eigenvalue weighted by molar-refractivity contribution is 5.80. The van der Waals surface area contributed by atoms with Gasteiger partial charge in [-0.1, -0.05) is 31.2 Å². The van der Waals surface area contributed by atoms with Crippen molar-refractivity contribution in [3.63, 3.8) is 0 Å². The molecule has 3 aromatic rings. The average molecular weight is 326 g/mol. The summed E-state index contributed by atoms with van der Waals surface area (Å²) >= 11 is 0. The molecule has 0 amide bonds. The van der Waals surface area contributed by atoms with E-state index < -0.39 is 0 Å². The first kappa shape index (κ1) is 16.4. The second-order valence-electron chi connectivity index (χ2n) is 6.21. The van der Waals surface area contributed by atoms with E-state index in [0.29, 0.717) is 12.1 Å². The largest absolute Gasteiger partial charge is 0.423 e. The Hall–Kier alpha value is -2.46. The smallest absolute Gasteiger partial charge is 0.336 e. The minimum absolute atomic E-state index is 0.227. The van der Waals surface area contributed by atoms with Crippen molar-refractivity contribution in [2.45, 2.75) is 26.4 Å². The molecule has 0 saturated carbocycles. The SMILES string of the molecule is CCc1ccc2c(C[NH+](C)Cc3ccc(F)cc3)cc(=O)oc2c1. The summed E-state index contributed by atoms with van der Waals surface area (Å²) in [4.78, 5) is 13.1. The molecule has 124 valence electrons. The van der Waals surface area contributed by atoms with Crippen LogP contribution >= 0.6 is 0 Å². The zero-order valence-corrected chi connectivity index (χ0v) is 13.9. The van der Waals surface area contributed by atoms with Gasteiger partial charge in [-0.05, 0) is 30.2 Å². The van der Waals surface area contributed by atoms with Crippen LogP contribution in [-0.4, -0.2) is 7.05 Å². The number of aryl methyl sites for hydroxylation is 1. The van der Waals surface area contributed by atoms with E-state index in [1.165, 1.54) is 17.0 Å². The quantitative estimate of drug-likeness (QED) is 0.732. The van der Waals surface area contributed by atoms with Crippen molar-refractivity contribution < 1.29 is 13.7 Å². The molecule has 0 aliphatic heterocycles. The summed E-state index contributed by atoms with van der Waals surface area (Å²) in [5.74, 6) is -0.227. The second-order valence-corrected chi connectivity index (χ2v) is 6.21. The van der Waals surface area contributed by atoms with Gasteiger partial charge in [0.1, 0.15) is 24.5 Å². The lowest BCUT2D eigenvalue weighted by molar-refractivity contribution is -0.907. The van der Waals surface area contributed by atoms with E-state index in [1.54, 1.807) is 18.2 Å². The van der Waals surface area contributed by atoms with Crippen molar-refractivity contribution in [3.05, 3.63) is 81.5 Å². The van der Waals surface area contributed by atoms with Crippen LogP contribution in [0.2, 0.25) is 0 Å². The molecule has 0 bridgehead atoms. The van der Waals surface area contributed by atoms with Crippen LogP contribution in [0, 0.1) is 5.82 Å². The van der Waals surface area contributed by atoms with Gasteiger partial charge in [0.2, 0.25) is 0 Å². The predicted octanol–water partition coefficient (Wildman–Crippen LogP) is 2.71. The molecule has 1 unspecified atom stereocenters. The molecule has 0 aliphatic rings. The van der Waals surface area contributed by atoms with Crippen LogP contribution in [0.15, 0.2) is 57.7 Å². The molecule has 24 heavy (non-hydrogen) atoms. The first-order valence-corrected chi connectivity index (χ1v) is 8.16. The van der Waals surface area contributed by atoms with Gasteiger partial charge in [0.15, 0.2) is 0 Å². The molecule has 0 radical (unpaired) electrons. The third-order valence-electron chi connectivity index (χ3n) is 4.21. The second kappa shape index (κ2) is 6.97. The summed E-state index contributed by atoms with van der Waals surface area (Å²) in [7, 11) is 2.06. The highest BCUT2D eigenvalue weighted by Crippen LogP contribution is 2.18. The lowest BCUT2D eigenvalue weighted by atomic mass is 10.1. The highest BCUT2D eigenvalue weighted by atomic mass is 19.1. The molecular weight excluding hydrogens is 305 g/mol. The van der Waals surface area contributed by atoms with Crippen LogP contribution in [0.1, 0.15) is 23.6 Å². The Balaban J connectivity index is 1.86. The monoisotopic (exact) mass is 326 g/mol. The van der Waals surface area contributed by atoms with E-state index in [1.807, 2.05) is 12.1 Å². The maximum atomic E-state index is 13.0. The molecule has 2 aromatic carbocycles. The lowest BCUT2D eigenvalue weighted by Gasteiger charge is -2.15. The average Bonchev–Trinajstić information content (AvgIpc) is 2.56. The summed E-state index contributed by atoms with van der Waals surface area (Å²) in [5, 5.41) is 0.977. The van der Waals surface area contributed by atoms with E-state index in [9.17, 15) is 9.18 Å². The van der Waals surface area contributed by atoms with Crippen molar-refractivity contribution in [1.29, 1.82) is 0 Å². The minimum atomic E-state index is -0.319. The fourth-order valence-electron chi connectivity index (χ4n) is 2.98. The van der Waals surface area contributed by atoms with Crippen molar-refractivity contribution >= 4 is 11.0 Å². The van der Waals surface area contributed by atoms with Crippen molar-refractivity contribution in [1.82, 2.24) is 0 Å². The van der Waals surface area contributed by atoms with E-state index in [4.69, 9.17) is 4.42 Å². The zero-order valence-electron chi connectivity index (χ0n) is 13.9. The van der Waals surface area contributed by atoms with E-state index in [0.717, 1.165) is 35.0 Å². The van der Waals surface area contributed by atoms with Gasteiger partial charge < -0.3 is 9.32 Å². The van der Waals surface area contributed by atoms with Crippen LogP contribution in [0.5, 0.6) is 0 Å². The molecule has 0 fully saturated rings. The molecular formula is C20H21FNO2+. The number of quaternary nitrogens is 1. The molecule has 4 heteroatoms. The number of hydrogen-bond acceptors (Lipinski definition) is 2. The Morgan fingerprint density at radius 1 is 1.00 bits per heavy atom. The Labute approximate surface area is 140 Å². The first-order valence-electron chi connectivity index (χ1n) is 8.16. The lowest BCUT2D eigenvalue weighted by Crippen LogP contribution is -3.06. The van der Waals surface area contributed by atoms with Gasteiger partial charge in [0.25, 0.3) is 0 Å². The third-order valence-corrected chi connectivity index (χ3v) is 4.21. The maximum absolute atomic E-state index is 13.0.